The second kappa shape index (κ2) is 8.07. The van der Waals surface area contributed by atoms with Crippen molar-refractivity contribution in [1.82, 2.24) is 9.97 Å². The predicted octanol–water partition coefficient (Wildman–Crippen LogP) is 4.06. The largest absolute Gasteiger partial charge is 0.435 e. The molecule has 13 heteroatoms. The number of rotatable bonds is 5. The van der Waals surface area contributed by atoms with Gasteiger partial charge in [0.25, 0.3) is 5.91 Å². The summed E-state index contributed by atoms with van der Waals surface area (Å²) in [5, 5.41) is 1.44. The lowest BCUT2D eigenvalue weighted by atomic mass is 10.2. The first-order chi connectivity index (χ1) is 14.0. The Labute approximate surface area is 170 Å². The molecule has 0 unspecified atom stereocenters. The third-order valence-electron chi connectivity index (χ3n) is 3.63. The number of alkyl halides is 3. The van der Waals surface area contributed by atoms with Gasteiger partial charge < -0.3 is 0 Å². The summed E-state index contributed by atoms with van der Waals surface area (Å²) in [6.07, 6.45) is -3.88. The molecule has 0 aliphatic rings. The summed E-state index contributed by atoms with van der Waals surface area (Å²) in [5.41, 5.74) is -2.39. The summed E-state index contributed by atoms with van der Waals surface area (Å²) in [6, 6.07) is 6.30. The number of amides is 1. The van der Waals surface area contributed by atoms with Crippen LogP contribution in [-0.2, 0) is 21.8 Å². The van der Waals surface area contributed by atoms with Gasteiger partial charge in [-0.3, -0.25) is 15.1 Å². The maximum absolute atomic E-state index is 13.8. The minimum Gasteiger partial charge on any atom is -0.296 e. The Morgan fingerprint density at radius 2 is 1.87 bits per heavy atom. The van der Waals surface area contributed by atoms with Crippen LogP contribution < -0.4 is 5.32 Å². The molecule has 0 saturated carbocycles. The zero-order chi connectivity index (χ0) is 22.1. The molecule has 0 bridgehead atoms. The number of benzene rings is 1. The number of nitrogens with zero attached hydrogens (tertiary/aromatic N) is 2. The van der Waals surface area contributed by atoms with E-state index in [-0.39, 0.29) is 17.0 Å². The number of sulfone groups is 1. The van der Waals surface area contributed by atoms with Gasteiger partial charge in [0.1, 0.15) is 17.3 Å². The Balaban J connectivity index is 1.97. The number of thiazole rings is 1. The van der Waals surface area contributed by atoms with Crippen LogP contribution in [0.25, 0.3) is 0 Å². The molecule has 0 atom stereocenters. The van der Waals surface area contributed by atoms with Gasteiger partial charge in [-0.15, -0.1) is 0 Å². The molecular weight excluding hydrogens is 453 g/mol. The van der Waals surface area contributed by atoms with Gasteiger partial charge in [-0.2, -0.15) is 13.2 Å². The number of halogens is 5. The lowest BCUT2D eigenvalue weighted by molar-refractivity contribution is -0.142. The van der Waals surface area contributed by atoms with E-state index < -0.39 is 59.9 Å². The average molecular weight is 463 g/mol. The molecule has 0 radical (unpaired) electrons. The summed E-state index contributed by atoms with van der Waals surface area (Å²) in [5.74, 6) is -4.24. The minimum atomic E-state index is -5.16. The molecule has 1 amide bonds. The summed E-state index contributed by atoms with van der Waals surface area (Å²) in [4.78, 5) is 19.0. The van der Waals surface area contributed by atoms with Crippen molar-refractivity contribution in [3.63, 3.8) is 0 Å². The highest BCUT2D eigenvalue weighted by atomic mass is 32.2. The van der Waals surface area contributed by atoms with E-state index in [1.54, 1.807) is 0 Å². The fourth-order valence-electron chi connectivity index (χ4n) is 2.32. The number of hydrogen-bond donors (Lipinski definition) is 1. The van der Waals surface area contributed by atoms with Gasteiger partial charge in [0.15, 0.2) is 24.9 Å². The number of aromatic nitrogens is 2. The van der Waals surface area contributed by atoms with Crippen LogP contribution in [0.4, 0.5) is 27.1 Å². The molecule has 0 spiro atoms. The normalized spacial score (nSPS) is 12.0. The van der Waals surface area contributed by atoms with E-state index in [9.17, 15) is 35.2 Å². The second-order valence-corrected chi connectivity index (χ2v) is 9.00. The lowest BCUT2D eigenvalue weighted by Gasteiger charge is -2.08. The van der Waals surface area contributed by atoms with Crippen molar-refractivity contribution < 1.29 is 35.2 Å². The third-order valence-corrected chi connectivity index (χ3v) is 6.85. The van der Waals surface area contributed by atoms with Crippen molar-refractivity contribution in [2.24, 2.45) is 0 Å². The first-order valence-corrected chi connectivity index (χ1v) is 10.4. The number of carbonyl (C=O) groups excluding carboxylic acids is 1. The van der Waals surface area contributed by atoms with Crippen molar-refractivity contribution in [3.05, 3.63) is 71.2 Å². The molecule has 0 fully saturated rings. The van der Waals surface area contributed by atoms with E-state index in [1.165, 1.54) is 24.4 Å². The van der Waals surface area contributed by atoms with Crippen LogP contribution in [0, 0.1) is 11.6 Å². The average Bonchev–Trinajstić information content (AvgIpc) is 3.10. The molecule has 0 aliphatic carbocycles. The van der Waals surface area contributed by atoms with Gasteiger partial charge in [-0.1, -0.05) is 23.5 Å². The molecular formula is C17H10F5N3O3S2. The molecule has 158 valence electrons. The van der Waals surface area contributed by atoms with E-state index in [4.69, 9.17) is 0 Å². The first kappa shape index (κ1) is 21.8. The molecule has 3 rings (SSSR count). The topological polar surface area (TPSA) is 89.0 Å². The number of anilines is 1. The minimum absolute atomic E-state index is 0.0693. The van der Waals surface area contributed by atoms with Crippen LogP contribution >= 0.6 is 11.3 Å². The van der Waals surface area contributed by atoms with Gasteiger partial charge in [-0.25, -0.2) is 22.2 Å². The molecule has 2 heterocycles. The predicted molar refractivity (Wildman–Crippen MR) is 96.6 cm³/mol. The Kier molecular flexibility index (Phi) is 5.85. The molecule has 2 aromatic heterocycles. The van der Waals surface area contributed by atoms with Crippen LogP contribution in [0.3, 0.4) is 0 Å². The van der Waals surface area contributed by atoms with E-state index in [2.05, 4.69) is 15.3 Å². The van der Waals surface area contributed by atoms with Crippen molar-refractivity contribution >= 4 is 32.2 Å². The smallest absolute Gasteiger partial charge is 0.296 e. The first-order valence-electron chi connectivity index (χ1n) is 7.94. The SMILES string of the molecule is O=C(Nc1nc(C(F)(F)F)c(S(=O)(=O)Cc2ccc(F)cc2F)s1)c1ccccn1. The number of pyridine rings is 1. The van der Waals surface area contributed by atoms with Gasteiger partial charge in [0.05, 0.1) is 5.75 Å². The number of hydrogen-bond acceptors (Lipinski definition) is 6. The highest BCUT2D eigenvalue weighted by Crippen LogP contribution is 2.40. The van der Waals surface area contributed by atoms with Gasteiger partial charge in [0.2, 0.25) is 0 Å². The summed E-state index contributed by atoms with van der Waals surface area (Å²) in [7, 11) is -4.74. The molecule has 0 saturated heterocycles. The Hall–Kier alpha value is -2.93. The summed E-state index contributed by atoms with van der Waals surface area (Å²) < 4.78 is 90.8. The molecule has 6 nitrogen and oxygen atoms in total. The Morgan fingerprint density at radius 3 is 2.47 bits per heavy atom. The summed E-state index contributed by atoms with van der Waals surface area (Å²) >= 11 is 0.0693. The fourth-order valence-corrected chi connectivity index (χ4v) is 5.18. The van der Waals surface area contributed by atoms with E-state index >= 15 is 0 Å². The fraction of sp³-hybridized carbons (Fsp3) is 0.118. The monoisotopic (exact) mass is 463 g/mol. The molecule has 30 heavy (non-hydrogen) atoms. The third kappa shape index (κ3) is 4.79. The van der Waals surface area contributed by atoms with Crippen LogP contribution in [-0.4, -0.2) is 24.3 Å². The molecule has 0 aliphatic heterocycles. The summed E-state index contributed by atoms with van der Waals surface area (Å²) in [6.45, 7) is 0. The molecule has 3 aromatic rings. The quantitative estimate of drug-likeness (QED) is 0.577. The highest BCUT2D eigenvalue weighted by Gasteiger charge is 2.42. The van der Waals surface area contributed by atoms with Gasteiger partial charge in [-0.05, 0) is 18.2 Å². The molecule has 1 aromatic carbocycles. The van der Waals surface area contributed by atoms with Crippen LogP contribution in [0.15, 0.2) is 46.8 Å². The Morgan fingerprint density at radius 1 is 1.13 bits per heavy atom. The maximum Gasteiger partial charge on any atom is 0.435 e. The van der Waals surface area contributed by atoms with Crippen LogP contribution in [0.1, 0.15) is 21.7 Å². The zero-order valence-electron chi connectivity index (χ0n) is 14.6. The van der Waals surface area contributed by atoms with Crippen molar-refractivity contribution in [2.75, 3.05) is 5.32 Å². The standard InChI is InChI=1S/C17H10F5N3O3S2/c18-10-5-4-9(11(19)7-10)8-30(27,28)15-13(17(20,21)22)24-16(29-15)25-14(26)12-3-1-2-6-23-12/h1-7H,8H2,(H,24,25,26). The number of carbonyl (C=O) groups is 1. The van der Waals surface area contributed by atoms with E-state index in [0.29, 0.717) is 6.07 Å². The van der Waals surface area contributed by atoms with Gasteiger partial charge in [0, 0.05) is 17.8 Å². The number of nitrogens with one attached hydrogen (secondary N) is 1. The zero-order valence-corrected chi connectivity index (χ0v) is 16.2. The van der Waals surface area contributed by atoms with Crippen LogP contribution in [0.5, 0.6) is 0 Å². The highest BCUT2D eigenvalue weighted by molar-refractivity contribution is 7.92. The van der Waals surface area contributed by atoms with Crippen molar-refractivity contribution in [3.8, 4) is 0 Å². The van der Waals surface area contributed by atoms with E-state index in [0.717, 1.165) is 12.1 Å². The van der Waals surface area contributed by atoms with Crippen molar-refractivity contribution in [1.29, 1.82) is 0 Å². The van der Waals surface area contributed by atoms with E-state index in [1.807, 2.05) is 0 Å². The molecule has 1 N–H and O–H groups in total. The van der Waals surface area contributed by atoms with Crippen LogP contribution in [0.2, 0.25) is 0 Å². The lowest BCUT2D eigenvalue weighted by Crippen LogP contribution is -2.15. The van der Waals surface area contributed by atoms with Gasteiger partial charge >= 0.3 is 6.18 Å². The second-order valence-electron chi connectivity index (χ2n) is 5.82. The maximum atomic E-state index is 13.8. The Bertz CT molecular complexity index is 1200. The van der Waals surface area contributed by atoms with Crippen molar-refractivity contribution in [2.45, 2.75) is 16.1 Å².